The number of benzene rings is 1. The molecule has 0 unspecified atom stereocenters. The number of hydrogen-bond donors (Lipinski definition) is 0. The molecular weight excluding hydrogens is 304 g/mol. The minimum absolute atomic E-state index is 0.583. The fraction of sp³-hybridized carbons (Fsp3) is 0.533. The predicted octanol–water partition coefficient (Wildman–Crippen LogP) is 4.36. The van der Waals surface area contributed by atoms with Gasteiger partial charge in [-0.15, -0.1) is 0 Å². The van der Waals surface area contributed by atoms with Gasteiger partial charge >= 0.3 is 0 Å². The van der Waals surface area contributed by atoms with E-state index < -0.39 is 0 Å². The molecule has 19 heavy (non-hydrogen) atoms. The van der Waals surface area contributed by atoms with E-state index in [1.54, 1.807) is 0 Å². The third kappa shape index (κ3) is 2.78. The van der Waals surface area contributed by atoms with Crippen molar-refractivity contribution in [1.29, 1.82) is 0 Å². The van der Waals surface area contributed by atoms with E-state index in [4.69, 9.17) is 4.42 Å². The van der Waals surface area contributed by atoms with Crippen molar-refractivity contribution in [3.05, 3.63) is 24.3 Å². The SMILES string of the molecule is BrCCN(c1nc2ccccc2o1)C1CCCCC1. The first-order valence-corrected chi connectivity index (χ1v) is 8.19. The number of nitrogens with zero attached hydrogens (tertiary/aromatic N) is 2. The quantitative estimate of drug-likeness (QED) is 0.783. The molecule has 0 atom stereocenters. The number of anilines is 1. The maximum Gasteiger partial charge on any atom is 0.298 e. The van der Waals surface area contributed by atoms with Gasteiger partial charge in [-0.25, -0.2) is 0 Å². The Morgan fingerprint density at radius 2 is 2.00 bits per heavy atom. The monoisotopic (exact) mass is 322 g/mol. The third-order valence-electron chi connectivity index (χ3n) is 3.87. The Morgan fingerprint density at radius 1 is 1.21 bits per heavy atom. The highest BCUT2D eigenvalue weighted by atomic mass is 79.9. The highest BCUT2D eigenvalue weighted by Gasteiger charge is 2.24. The van der Waals surface area contributed by atoms with Crippen molar-refractivity contribution in [2.24, 2.45) is 0 Å². The molecule has 3 nitrogen and oxygen atoms in total. The zero-order valence-corrected chi connectivity index (χ0v) is 12.6. The average molecular weight is 323 g/mol. The fourth-order valence-electron chi connectivity index (χ4n) is 2.90. The van der Waals surface area contributed by atoms with Crippen LogP contribution in [0.3, 0.4) is 0 Å². The summed E-state index contributed by atoms with van der Waals surface area (Å²) in [6.45, 7) is 0.956. The Balaban J connectivity index is 1.89. The van der Waals surface area contributed by atoms with Crippen LogP contribution in [0.25, 0.3) is 11.1 Å². The first-order chi connectivity index (χ1) is 9.38. The lowest BCUT2D eigenvalue weighted by molar-refractivity contribution is 0.399. The molecule has 1 saturated carbocycles. The lowest BCUT2D eigenvalue weighted by Gasteiger charge is -2.32. The van der Waals surface area contributed by atoms with Gasteiger partial charge in [0.15, 0.2) is 5.58 Å². The number of fused-ring (bicyclic) bond motifs is 1. The van der Waals surface area contributed by atoms with Crippen LogP contribution >= 0.6 is 15.9 Å². The first-order valence-electron chi connectivity index (χ1n) is 7.06. The molecule has 0 spiro atoms. The summed E-state index contributed by atoms with van der Waals surface area (Å²) in [7, 11) is 0. The van der Waals surface area contributed by atoms with Crippen LogP contribution in [-0.2, 0) is 0 Å². The van der Waals surface area contributed by atoms with Crippen LogP contribution in [0.4, 0.5) is 6.01 Å². The van der Waals surface area contributed by atoms with Crippen molar-refractivity contribution in [2.45, 2.75) is 38.1 Å². The van der Waals surface area contributed by atoms with E-state index >= 15 is 0 Å². The van der Waals surface area contributed by atoms with Gasteiger partial charge in [-0.2, -0.15) is 4.98 Å². The summed E-state index contributed by atoms with van der Waals surface area (Å²) < 4.78 is 5.93. The summed E-state index contributed by atoms with van der Waals surface area (Å²) in [5.41, 5.74) is 1.83. The van der Waals surface area contributed by atoms with Crippen molar-refractivity contribution in [3.8, 4) is 0 Å². The molecule has 1 heterocycles. The number of aromatic nitrogens is 1. The van der Waals surface area contributed by atoms with Gasteiger partial charge in [0.2, 0.25) is 0 Å². The largest absolute Gasteiger partial charge is 0.423 e. The Labute approximate surface area is 122 Å². The molecule has 1 aliphatic rings. The number of oxazole rings is 1. The molecule has 0 N–H and O–H groups in total. The number of para-hydroxylation sites is 2. The summed E-state index contributed by atoms with van der Waals surface area (Å²) in [6, 6.07) is 9.36. The van der Waals surface area contributed by atoms with Gasteiger partial charge in [0.1, 0.15) is 5.52 Å². The molecule has 0 radical (unpaired) electrons. The molecule has 0 amide bonds. The number of hydrogen-bond acceptors (Lipinski definition) is 3. The van der Waals surface area contributed by atoms with Gasteiger partial charge in [0.25, 0.3) is 6.01 Å². The van der Waals surface area contributed by atoms with E-state index in [9.17, 15) is 0 Å². The Morgan fingerprint density at radius 3 is 2.74 bits per heavy atom. The standard InChI is InChI=1S/C15H19BrN2O/c16-10-11-18(12-6-2-1-3-7-12)15-17-13-8-4-5-9-14(13)19-15/h4-5,8-9,12H,1-3,6-7,10-11H2. The molecule has 1 aromatic heterocycles. The molecule has 1 fully saturated rings. The van der Waals surface area contributed by atoms with Gasteiger partial charge in [-0.05, 0) is 25.0 Å². The summed E-state index contributed by atoms with van der Waals surface area (Å²) in [5, 5.41) is 0.947. The van der Waals surface area contributed by atoms with Gasteiger partial charge in [0.05, 0.1) is 0 Å². The second-order valence-corrected chi connectivity index (χ2v) is 5.93. The Bertz CT molecular complexity index is 501. The van der Waals surface area contributed by atoms with Crippen molar-refractivity contribution in [1.82, 2.24) is 4.98 Å². The third-order valence-corrected chi connectivity index (χ3v) is 4.22. The molecule has 2 aromatic rings. The molecule has 4 heteroatoms. The van der Waals surface area contributed by atoms with Crippen LogP contribution in [0.15, 0.2) is 28.7 Å². The lowest BCUT2D eigenvalue weighted by atomic mass is 9.94. The summed E-state index contributed by atoms with van der Waals surface area (Å²) >= 11 is 3.55. The maximum atomic E-state index is 5.93. The second-order valence-electron chi connectivity index (χ2n) is 5.14. The molecule has 3 rings (SSSR count). The van der Waals surface area contributed by atoms with Crippen molar-refractivity contribution < 1.29 is 4.42 Å². The molecule has 1 aliphatic carbocycles. The second kappa shape index (κ2) is 5.95. The summed E-state index contributed by atoms with van der Waals surface area (Å²) in [6.07, 6.45) is 6.52. The van der Waals surface area contributed by atoms with Crippen LogP contribution in [0.1, 0.15) is 32.1 Å². The van der Waals surface area contributed by atoms with Crippen LogP contribution in [-0.4, -0.2) is 22.9 Å². The van der Waals surface area contributed by atoms with E-state index in [1.165, 1.54) is 32.1 Å². The molecule has 0 aliphatic heterocycles. The van der Waals surface area contributed by atoms with E-state index in [1.807, 2.05) is 24.3 Å². The topological polar surface area (TPSA) is 29.3 Å². The van der Waals surface area contributed by atoms with E-state index in [2.05, 4.69) is 25.8 Å². The zero-order chi connectivity index (χ0) is 13.1. The van der Waals surface area contributed by atoms with Crippen LogP contribution in [0, 0.1) is 0 Å². The zero-order valence-electron chi connectivity index (χ0n) is 11.0. The molecule has 0 bridgehead atoms. The molecule has 1 aromatic carbocycles. The lowest BCUT2D eigenvalue weighted by Crippen LogP contribution is -2.38. The summed E-state index contributed by atoms with van der Waals surface area (Å²) in [4.78, 5) is 6.99. The minimum atomic E-state index is 0.583. The highest BCUT2D eigenvalue weighted by molar-refractivity contribution is 9.09. The molecular formula is C15H19BrN2O. The van der Waals surface area contributed by atoms with Crippen molar-refractivity contribution >= 4 is 33.0 Å². The fourth-order valence-corrected chi connectivity index (χ4v) is 3.28. The maximum absolute atomic E-state index is 5.93. The van der Waals surface area contributed by atoms with Gasteiger partial charge in [-0.3, -0.25) is 0 Å². The number of halogens is 1. The summed E-state index contributed by atoms with van der Waals surface area (Å²) in [5.74, 6) is 0. The predicted molar refractivity (Wildman–Crippen MR) is 82.0 cm³/mol. The number of rotatable bonds is 4. The molecule has 102 valence electrons. The Hall–Kier alpha value is -1.03. The highest BCUT2D eigenvalue weighted by Crippen LogP contribution is 2.29. The van der Waals surface area contributed by atoms with Crippen LogP contribution < -0.4 is 4.90 Å². The van der Waals surface area contributed by atoms with E-state index in [-0.39, 0.29) is 0 Å². The van der Waals surface area contributed by atoms with Crippen LogP contribution in [0.2, 0.25) is 0 Å². The average Bonchev–Trinajstić information content (AvgIpc) is 2.89. The van der Waals surface area contributed by atoms with Gasteiger partial charge in [-0.1, -0.05) is 47.3 Å². The number of alkyl halides is 1. The molecule has 0 saturated heterocycles. The normalized spacial score (nSPS) is 16.9. The minimum Gasteiger partial charge on any atom is -0.423 e. The van der Waals surface area contributed by atoms with Crippen LogP contribution in [0.5, 0.6) is 0 Å². The van der Waals surface area contributed by atoms with Crippen molar-refractivity contribution in [2.75, 3.05) is 16.8 Å². The van der Waals surface area contributed by atoms with E-state index in [0.29, 0.717) is 6.04 Å². The Kier molecular flexibility index (Phi) is 4.06. The smallest absolute Gasteiger partial charge is 0.298 e. The van der Waals surface area contributed by atoms with Gasteiger partial charge < -0.3 is 9.32 Å². The first kappa shape index (κ1) is 13.0. The van der Waals surface area contributed by atoms with Gasteiger partial charge in [0, 0.05) is 17.9 Å². The van der Waals surface area contributed by atoms with Crippen molar-refractivity contribution in [3.63, 3.8) is 0 Å². The van der Waals surface area contributed by atoms with E-state index in [0.717, 1.165) is 29.0 Å².